The second kappa shape index (κ2) is 17.9. The molecule has 9 rings (SSSR count). The van der Waals surface area contributed by atoms with E-state index < -0.39 is 24.1 Å². The Kier molecular flexibility index (Phi) is 12.1. The first-order valence-electron chi connectivity index (χ1n) is 22.3. The SMILES string of the molecule is C=C1NN(C2CCC(=O)NC2=O)c2cccc(C#CCOC3CCN(CC4CCC(n5cc(NC(=O)c6cnn7ccc(N8CCN(C)C(C)(C)C8)nc67)c(C(F)F)n5)CC4)CC3)c21. The smallest absolute Gasteiger partial charge is 0.284 e. The highest BCUT2D eigenvalue weighted by molar-refractivity contribution is 6.08. The van der Waals surface area contributed by atoms with E-state index in [2.05, 4.69) is 80.3 Å². The van der Waals surface area contributed by atoms with Crippen LogP contribution >= 0.6 is 0 Å². The maximum absolute atomic E-state index is 14.3. The first-order valence-corrected chi connectivity index (χ1v) is 22.3. The number of aromatic nitrogens is 5. The quantitative estimate of drug-likeness (QED) is 0.145. The predicted molar refractivity (Wildman–Crippen MR) is 238 cm³/mol. The van der Waals surface area contributed by atoms with Gasteiger partial charge >= 0.3 is 0 Å². The van der Waals surface area contributed by atoms with Gasteiger partial charge in [-0.15, -0.1) is 0 Å². The normalized spacial score (nSPS) is 23.2. The Labute approximate surface area is 371 Å². The van der Waals surface area contributed by atoms with E-state index in [1.807, 2.05) is 24.3 Å². The molecule has 7 heterocycles. The standard InChI is InChI=1S/C46H56F2N12O4/c1-29-40-31(7-5-9-36(40)60(53-29)37-14-15-39(61)52-45(37)63)8-6-24-64-33-16-19-56(20-17-33)26-30-10-12-32(13-11-30)59-27-35(41(54-59)42(47)48)50-44(62)34-25-49-58-21-18-38(51-43(34)58)57-23-22-55(4)46(2,3)28-57/h5,7,9,18,21,25,27,30,32-33,37,42,53H,1,10-17,19-20,22-24,26,28H2,2-4H3,(H,50,62)(H,52,61,63). The van der Waals surface area contributed by atoms with Gasteiger partial charge in [-0.1, -0.05) is 24.5 Å². The lowest BCUT2D eigenvalue weighted by molar-refractivity contribution is -0.134. The summed E-state index contributed by atoms with van der Waals surface area (Å²) in [6.45, 7) is 14.1. The number of fused-ring (bicyclic) bond motifs is 2. The van der Waals surface area contributed by atoms with Crippen LogP contribution in [0.5, 0.6) is 0 Å². The number of piperidine rings is 2. The number of likely N-dealkylation sites (tertiary alicyclic amines) is 1. The molecule has 5 aliphatic rings. The number of hydrogen-bond donors (Lipinski definition) is 3. The Morgan fingerprint density at radius 1 is 1.06 bits per heavy atom. The van der Waals surface area contributed by atoms with Gasteiger partial charge in [0.2, 0.25) is 5.91 Å². The maximum atomic E-state index is 14.3. The first-order chi connectivity index (χ1) is 30.8. The number of amides is 3. The minimum atomic E-state index is -2.86. The van der Waals surface area contributed by atoms with Crippen LogP contribution in [0, 0.1) is 17.8 Å². The molecule has 0 bridgehead atoms. The average molecular weight is 879 g/mol. The van der Waals surface area contributed by atoms with Crippen LogP contribution in [-0.4, -0.2) is 123 Å². The molecule has 0 radical (unpaired) electrons. The fourth-order valence-corrected chi connectivity index (χ4v) is 9.78. The third kappa shape index (κ3) is 8.93. The molecule has 4 aliphatic heterocycles. The van der Waals surface area contributed by atoms with Gasteiger partial charge in [0.15, 0.2) is 11.3 Å². The fraction of sp³-hybridized carbons (Fsp3) is 0.522. The molecule has 64 heavy (non-hydrogen) atoms. The highest BCUT2D eigenvalue weighted by Gasteiger charge is 2.38. The number of likely N-dealkylation sites (N-methyl/N-ethyl adjacent to an activating group) is 1. The van der Waals surface area contributed by atoms with Crippen LogP contribution in [0.1, 0.15) is 105 Å². The van der Waals surface area contributed by atoms with Crippen LogP contribution < -0.4 is 26.0 Å². The van der Waals surface area contributed by atoms with Crippen molar-refractivity contribution in [1.82, 2.24) is 44.9 Å². The van der Waals surface area contributed by atoms with E-state index in [1.54, 1.807) is 22.1 Å². The molecule has 18 heteroatoms. The molecule has 1 aliphatic carbocycles. The molecule has 3 amide bonds. The van der Waals surface area contributed by atoms with Crippen LogP contribution in [0.25, 0.3) is 11.3 Å². The van der Waals surface area contributed by atoms with Gasteiger partial charge in [0.25, 0.3) is 18.2 Å². The molecular weight excluding hydrogens is 823 g/mol. The zero-order valence-corrected chi connectivity index (χ0v) is 36.7. The molecule has 1 atom stereocenters. The van der Waals surface area contributed by atoms with Crippen LogP contribution in [0.3, 0.4) is 0 Å². The summed E-state index contributed by atoms with van der Waals surface area (Å²) in [5.41, 5.74) is 6.37. The summed E-state index contributed by atoms with van der Waals surface area (Å²) >= 11 is 0. The van der Waals surface area contributed by atoms with Crippen LogP contribution in [-0.2, 0) is 14.3 Å². The monoisotopic (exact) mass is 878 g/mol. The molecule has 4 fully saturated rings. The summed E-state index contributed by atoms with van der Waals surface area (Å²) in [5, 5.41) is 15.5. The molecule has 1 unspecified atom stereocenters. The molecule has 3 aromatic heterocycles. The van der Waals surface area contributed by atoms with Crippen LogP contribution in [0.15, 0.2) is 49.4 Å². The number of benzene rings is 1. The predicted octanol–water partition coefficient (Wildman–Crippen LogP) is 5.01. The van der Waals surface area contributed by atoms with Crippen molar-refractivity contribution in [3.8, 4) is 11.8 Å². The maximum Gasteiger partial charge on any atom is 0.284 e. The van der Waals surface area contributed by atoms with E-state index in [0.717, 1.165) is 100 Å². The Bertz CT molecular complexity index is 2490. The molecule has 338 valence electrons. The van der Waals surface area contributed by atoms with Crippen LogP contribution in [0.4, 0.5) is 26.0 Å². The molecule has 0 spiro atoms. The minimum absolute atomic E-state index is 0.000312. The van der Waals surface area contributed by atoms with Gasteiger partial charge in [0, 0.05) is 74.7 Å². The van der Waals surface area contributed by atoms with Gasteiger partial charge in [-0.2, -0.15) is 10.2 Å². The van der Waals surface area contributed by atoms with Crippen molar-refractivity contribution in [2.75, 3.05) is 68.1 Å². The summed E-state index contributed by atoms with van der Waals surface area (Å²) in [5.74, 6) is 6.50. The van der Waals surface area contributed by atoms with E-state index in [-0.39, 0.29) is 47.2 Å². The van der Waals surface area contributed by atoms with E-state index >= 15 is 0 Å². The van der Waals surface area contributed by atoms with Crippen molar-refractivity contribution < 1.29 is 27.9 Å². The second-order valence-electron chi connectivity index (χ2n) is 18.3. The van der Waals surface area contributed by atoms with Crippen LogP contribution in [0.2, 0.25) is 0 Å². The number of carbonyl (C=O) groups excluding carboxylic acids is 3. The Balaban J connectivity index is 0.740. The van der Waals surface area contributed by atoms with Crippen molar-refractivity contribution in [3.05, 3.63) is 71.8 Å². The topological polar surface area (TPSA) is 158 Å². The van der Waals surface area contributed by atoms with Gasteiger partial charge in [-0.25, -0.2) is 18.3 Å². The molecule has 3 saturated heterocycles. The minimum Gasteiger partial charge on any atom is -0.365 e. The highest BCUT2D eigenvalue weighted by Crippen LogP contribution is 2.38. The second-order valence-corrected chi connectivity index (χ2v) is 18.3. The molecule has 4 aromatic rings. The van der Waals surface area contributed by atoms with Gasteiger partial charge < -0.3 is 19.9 Å². The molecule has 1 saturated carbocycles. The van der Waals surface area contributed by atoms with Gasteiger partial charge in [-0.05, 0) is 90.0 Å². The van der Waals surface area contributed by atoms with Gasteiger partial charge in [-0.3, -0.25) is 39.7 Å². The number of anilines is 3. The largest absolute Gasteiger partial charge is 0.365 e. The number of hydrazine groups is 1. The summed E-state index contributed by atoms with van der Waals surface area (Å²) in [4.78, 5) is 49.7. The Hall–Kier alpha value is -5.90. The lowest BCUT2D eigenvalue weighted by Crippen LogP contribution is -2.57. The van der Waals surface area contributed by atoms with E-state index in [1.165, 1.54) is 10.7 Å². The van der Waals surface area contributed by atoms with E-state index in [9.17, 15) is 23.2 Å². The van der Waals surface area contributed by atoms with Crippen molar-refractivity contribution in [2.24, 2.45) is 5.92 Å². The third-order valence-corrected chi connectivity index (χ3v) is 13.7. The van der Waals surface area contributed by atoms with Crippen molar-refractivity contribution in [2.45, 2.75) is 95.4 Å². The number of piperazine rings is 1. The van der Waals surface area contributed by atoms with Crippen molar-refractivity contribution in [3.63, 3.8) is 0 Å². The first kappa shape index (κ1) is 43.4. The summed E-state index contributed by atoms with van der Waals surface area (Å²) in [7, 11) is 2.11. The average Bonchev–Trinajstić information content (AvgIpc) is 4.00. The summed E-state index contributed by atoms with van der Waals surface area (Å²) < 4.78 is 38.0. The van der Waals surface area contributed by atoms with Gasteiger partial charge in [0.1, 0.15) is 24.0 Å². The van der Waals surface area contributed by atoms with Crippen molar-refractivity contribution in [1.29, 1.82) is 0 Å². The number of nitrogens with zero attached hydrogens (tertiary/aromatic N) is 9. The number of imide groups is 1. The molecule has 3 N–H and O–H groups in total. The third-order valence-electron chi connectivity index (χ3n) is 13.7. The summed E-state index contributed by atoms with van der Waals surface area (Å²) in [6, 6.07) is 7.07. The Morgan fingerprint density at radius 3 is 2.61 bits per heavy atom. The number of alkyl halides is 2. The highest BCUT2D eigenvalue weighted by atomic mass is 19.3. The fourth-order valence-electron chi connectivity index (χ4n) is 9.78. The van der Waals surface area contributed by atoms with E-state index in [0.29, 0.717) is 30.3 Å². The van der Waals surface area contributed by atoms with E-state index in [4.69, 9.17) is 9.72 Å². The number of carbonyl (C=O) groups is 3. The molecule has 16 nitrogen and oxygen atoms in total. The van der Waals surface area contributed by atoms with Crippen molar-refractivity contribution >= 4 is 46.3 Å². The lowest BCUT2D eigenvalue weighted by atomic mass is 9.85. The number of nitrogens with one attached hydrogen (secondary N) is 3. The summed E-state index contributed by atoms with van der Waals surface area (Å²) in [6.07, 6.45) is 8.07. The molecule has 1 aromatic carbocycles. The molecular formula is C46H56F2N12O4. The number of ether oxygens (including phenoxy) is 1. The van der Waals surface area contributed by atoms with Gasteiger partial charge in [0.05, 0.1) is 35.4 Å². The Morgan fingerprint density at radius 2 is 1.86 bits per heavy atom. The zero-order valence-electron chi connectivity index (χ0n) is 36.7. The number of halogens is 2. The lowest BCUT2D eigenvalue weighted by Gasteiger charge is -2.45. The zero-order chi connectivity index (χ0) is 44.7. The number of rotatable bonds is 10. The number of hydrogen-bond acceptors (Lipinski definition) is 12.